The van der Waals surface area contributed by atoms with Gasteiger partial charge in [-0.05, 0) is 10.6 Å². The predicted octanol–water partition coefficient (Wildman–Crippen LogP) is 3.38. The molecule has 0 N–H and O–H groups in total. The molecule has 0 aliphatic carbocycles. The van der Waals surface area contributed by atoms with E-state index < -0.39 is 13.7 Å². The molecule has 0 spiro atoms. The van der Waals surface area contributed by atoms with E-state index >= 15 is 0 Å². The van der Waals surface area contributed by atoms with Gasteiger partial charge < -0.3 is 9.64 Å². The Labute approximate surface area is 139 Å². The van der Waals surface area contributed by atoms with Gasteiger partial charge in [-0.1, -0.05) is 64.2 Å². The Kier molecular flexibility index (Phi) is 4.99. The van der Waals surface area contributed by atoms with Gasteiger partial charge in [0.25, 0.3) is 0 Å². The molecule has 1 aliphatic heterocycles. The lowest BCUT2D eigenvalue weighted by Gasteiger charge is -2.49. The van der Waals surface area contributed by atoms with Gasteiger partial charge in [-0.25, -0.2) is 0 Å². The second kappa shape index (κ2) is 6.47. The van der Waals surface area contributed by atoms with E-state index in [1.165, 1.54) is 0 Å². The second-order valence-corrected chi connectivity index (χ2v) is 13.3. The maximum absolute atomic E-state index is 12.8. The molecule has 0 aromatic heterocycles. The second-order valence-electron chi connectivity index (χ2n) is 7.80. The van der Waals surface area contributed by atoms with E-state index in [9.17, 15) is 9.59 Å². The summed E-state index contributed by atoms with van der Waals surface area (Å²) in [6.45, 7) is 11.7. The van der Waals surface area contributed by atoms with Crippen molar-refractivity contribution in [2.24, 2.45) is 0 Å². The number of hydrogen-bond acceptors (Lipinski definition) is 3. The van der Waals surface area contributed by atoms with E-state index in [0.29, 0.717) is 13.0 Å². The molecule has 1 atom stereocenters. The molecule has 1 heterocycles. The predicted molar refractivity (Wildman–Crippen MR) is 93.6 cm³/mol. The standard InChI is InChI=1S/C18H27NO3Si/c1-18(2,3)23(4,5)16(19-12-11-15(19)20)17(21)22-13-14-9-7-6-8-10-14/h6-10,16H,11-13H2,1-5H3/t16-/m0/s1. The van der Waals surface area contributed by atoms with Crippen LogP contribution in [0.5, 0.6) is 0 Å². The summed E-state index contributed by atoms with van der Waals surface area (Å²) in [4.78, 5) is 26.5. The van der Waals surface area contributed by atoms with Crippen molar-refractivity contribution >= 4 is 20.0 Å². The third-order valence-corrected chi connectivity index (χ3v) is 11.0. The van der Waals surface area contributed by atoms with Crippen molar-refractivity contribution in [2.45, 2.75) is 57.6 Å². The molecule has 1 aromatic carbocycles. The fraction of sp³-hybridized carbons (Fsp3) is 0.556. The Morgan fingerprint density at radius 1 is 1.26 bits per heavy atom. The number of nitrogens with zero attached hydrogens (tertiary/aromatic N) is 1. The van der Waals surface area contributed by atoms with Crippen LogP contribution in [0.4, 0.5) is 0 Å². The number of likely N-dealkylation sites (tertiary alicyclic amines) is 1. The molecule has 0 radical (unpaired) electrons. The molecule has 23 heavy (non-hydrogen) atoms. The zero-order valence-electron chi connectivity index (χ0n) is 14.8. The summed E-state index contributed by atoms with van der Waals surface area (Å²) in [5.74, 6) is -0.190. The molecule has 2 rings (SSSR count). The molecule has 1 aromatic rings. The number of carbonyl (C=O) groups is 2. The van der Waals surface area contributed by atoms with Gasteiger partial charge in [-0.2, -0.15) is 0 Å². The summed E-state index contributed by atoms with van der Waals surface area (Å²) in [5.41, 5.74) is 0.553. The van der Waals surface area contributed by atoms with Gasteiger partial charge in [0.1, 0.15) is 12.3 Å². The first-order valence-electron chi connectivity index (χ1n) is 8.14. The highest BCUT2D eigenvalue weighted by Crippen LogP contribution is 2.41. The first-order chi connectivity index (χ1) is 10.6. The number of rotatable bonds is 5. The molecule has 0 saturated carbocycles. The van der Waals surface area contributed by atoms with Gasteiger partial charge in [0.15, 0.2) is 0 Å². The number of ether oxygens (including phenoxy) is 1. The number of esters is 1. The number of β-lactam (4-membered cyclic amide) rings is 1. The van der Waals surface area contributed by atoms with Crippen LogP contribution in [0.15, 0.2) is 30.3 Å². The molecular weight excluding hydrogens is 306 g/mol. The number of benzene rings is 1. The average molecular weight is 334 g/mol. The summed E-state index contributed by atoms with van der Waals surface area (Å²) in [7, 11) is -2.08. The Morgan fingerprint density at radius 2 is 1.87 bits per heavy atom. The van der Waals surface area contributed by atoms with Crippen molar-refractivity contribution in [3.8, 4) is 0 Å². The molecule has 5 heteroatoms. The van der Waals surface area contributed by atoms with Crippen LogP contribution in [0.3, 0.4) is 0 Å². The fourth-order valence-corrected chi connectivity index (χ4v) is 5.18. The van der Waals surface area contributed by atoms with Gasteiger partial charge in [-0.15, -0.1) is 0 Å². The third kappa shape index (κ3) is 3.66. The third-order valence-electron chi connectivity index (χ3n) is 5.26. The Morgan fingerprint density at radius 3 is 2.30 bits per heavy atom. The molecule has 4 nitrogen and oxygen atoms in total. The summed E-state index contributed by atoms with van der Waals surface area (Å²) in [5, 5.41) is -0.000691. The van der Waals surface area contributed by atoms with Crippen molar-refractivity contribution in [2.75, 3.05) is 6.54 Å². The Bertz CT molecular complexity index is 578. The van der Waals surface area contributed by atoms with Crippen LogP contribution >= 0.6 is 0 Å². The van der Waals surface area contributed by atoms with E-state index in [2.05, 4.69) is 33.9 Å². The minimum atomic E-state index is -2.08. The largest absolute Gasteiger partial charge is 0.460 e. The maximum atomic E-state index is 12.8. The average Bonchev–Trinajstić information content (AvgIpc) is 2.48. The van der Waals surface area contributed by atoms with Crippen molar-refractivity contribution < 1.29 is 14.3 Å². The van der Waals surface area contributed by atoms with Gasteiger partial charge in [-0.3, -0.25) is 9.59 Å². The zero-order chi connectivity index (χ0) is 17.3. The fourth-order valence-electron chi connectivity index (χ4n) is 2.63. The highest BCUT2D eigenvalue weighted by molar-refractivity contribution is 6.84. The van der Waals surface area contributed by atoms with Crippen LogP contribution in [0.1, 0.15) is 32.8 Å². The molecule has 126 valence electrons. The SMILES string of the molecule is CC(C)(C)[Si](C)(C)[C@@H](C(=O)OCc1ccccc1)N1CCC1=O. The van der Waals surface area contributed by atoms with Crippen LogP contribution in [0.2, 0.25) is 18.1 Å². The molecule has 1 amide bonds. The van der Waals surface area contributed by atoms with Crippen LogP contribution < -0.4 is 0 Å². The lowest BCUT2D eigenvalue weighted by atomic mass is 10.2. The minimum Gasteiger partial charge on any atom is -0.460 e. The minimum absolute atomic E-state index is 0.000691. The lowest BCUT2D eigenvalue weighted by Crippen LogP contribution is -2.66. The topological polar surface area (TPSA) is 46.6 Å². The van der Waals surface area contributed by atoms with Crippen molar-refractivity contribution in [3.05, 3.63) is 35.9 Å². The number of carbonyl (C=O) groups excluding carboxylic acids is 2. The summed E-state index contributed by atoms with van der Waals surface area (Å²) in [6.07, 6.45) is 0.539. The van der Waals surface area contributed by atoms with E-state index in [4.69, 9.17) is 4.74 Å². The quantitative estimate of drug-likeness (QED) is 0.471. The molecular formula is C18H27NO3Si. The van der Waals surface area contributed by atoms with Crippen molar-refractivity contribution in [3.63, 3.8) is 0 Å². The zero-order valence-corrected chi connectivity index (χ0v) is 15.8. The van der Waals surface area contributed by atoms with E-state index in [1.54, 1.807) is 4.90 Å². The van der Waals surface area contributed by atoms with Crippen molar-refractivity contribution in [1.82, 2.24) is 4.90 Å². The molecule has 1 saturated heterocycles. The summed E-state index contributed by atoms with van der Waals surface area (Å²) < 4.78 is 5.58. The first kappa shape index (κ1) is 17.7. The van der Waals surface area contributed by atoms with Crippen LogP contribution in [-0.2, 0) is 20.9 Å². The smallest absolute Gasteiger partial charge is 0.325 e. The maximum Gasteiger partial charge on any atom is 0.325 e. The number of amides is 1. The highest BCUT2D eigenvalue weighted by atomic mass is 28.3. The first-order valence-corrected chi connectivity index (χ1v) is 11.2. The monoisotopic (exact) mass is 333 g/mol. The molecule has 1 aliphatic rings. The van der Waals surface area contributed by atoms with Gasteiger partial charge in [0.2, 0.25) is 5.91 Å². The van der Waals surface area contributed by atoms with Crippen LogP contribution in [-0.4, -0.2) is 37.1 Å². The highest BCUT2D eigenvalue weighted by Gasteiger charge is 2.52. The van der Waals surface area contributed by atoms with Gasteiger partial charge in [0.05, 0.1) is 8.07 Å². The van der Waals surface area contributed by atoms with E-state index in [1.807, 2.05) is 30.3 Å². The van der Waals surface area contributed by atoms with Gasteiger partial charge >= 0.3 is 5.97 Å². The molecule has 0 bridgehead atoms. The number of hydrogen-bond donors (Lipinski definition) is 0. The molecule has 0 unspecified atom stereocenters. The van der Waals surface area contributed by atoms with Crippen LogP contribution in [0, 0.1) is 0 Å². The van der Waals surface area contributed by atoms with Gasteiger partial charge in [0, 0.05) is 13.0 Å². The van der Waals surface area contributed by atoms with Crippen LogP contribution in [0.25, 0.3) is 0 Å². The Balaban J connectivity index is 2.17. The normalized spacial score (nSPS) is 16.7. The lowest BCUT2D eigenvalue weighted by molar-refractivity contribution is -0.157. The van der Waals surface area contributed by atoms with E-state index in [-0.39, 0.29) is 23.5 Å². The molecule has 1 fully saturated rings. The van der Waals surface area contributed by atoms with E-state index in [0.717, 1.165) is 5.56 Å². The Hall–Kier alpha value is -1.62. The summed E-state index contributed by atoms with van der Waals surface area (Å²) in [6, 6.07) is 9.65. The van der Waals surface area contributed by atoms with Crippen molar-refractivity contribution in [1.29, 1.82) is 0 Å². The summed E-state index contributed by atoms with van der Waals surface area (Å²) >= 11 is 0.